The summed E-state index contributed by atoms with van der Waals surface area (Å²) in [4.78, 5) is 0. The molecule has 0 amide bonds. The van der Waals surface area contributed by atoms with Crippen molar-refractivity contribution in [3.63, 3.8) is 0 Å². The van der Waals surface area contributed by atoms with E-state index in [1.165, 1.54) is 24.0 Å². The second-order valence-electron chi connectivity index (χ2n) is 6.06. The number of hydrogen-bond acceptors (Lipinski definition) is 2. The first-order chi connectivity index (χ1) is 10.3. The third-order valence-corrected chi connectivity index (χ3v) is 4.52. The largest absolute Gasteiger partial charge is 0.381 e. The Labute approximate surface area is 124 Å². The van der Waals surface area contributed by atoms with Gasteiger partial charge < -0.3 is 5.32 Å². The van der Waals surface area contributed by atoms with Gasteiger partial charge in [0.2, 0.25) is 0 Å². The molecule has 1 aromatic heterocycles. The summed E-state index contributed by atoms with van der Waals surface area (Å²) in [5.74, 6) is 0.698. The van der Waals surface area contributed by atoms with Gasteiger partial charge in [-0.05, 0) is 37.3 Å². The van der Waals surface area contributed by atoms with E-state index in [0.29, 0.717) is 12.0 Å². The standard InChI is InChI=1S/C18H19N3/c1-12-5-7-13(8-6-12)15-9-16(10-15)20-17-4-2-3-14-11-19-21-18(14)17/h2-8,11,15-16,20H,9-10H2,1H3,(H,19,21). The molecule has 21 heavy (non-hydrogen) atoms. The number of aromatic amines is 1. The molecule has 1 saturated carbocycles. The smallest absolute Gasteiger partial charge is 0.0881 e. The molecule has 0 saturated heterocycles. The lowest BCUT2D eigenvalue weighted by Crippen LogP contribution is -2.34. The maximum Gasteiger partial charge on any atom is 0.0881 e. The molecule has 0 aliphatic heterocycles. The Bertz CT molecular complexity index is 751. The quantitative estimate of drug-likeness (QED) is 0.752. The maximum atomic E-state index is 4.12. The van der Waals surface area contributed by atoms with Crippen LogP contribution in [0.25, 0.3) is 10.9 Å². The van der Waals surface area contributed by atoms with Crippen molar-refractivity contribution in [1.29, 1.82) is 0 Å². The highest BCUT2D eigenvalue weighted by Crippen LogP contribution is 2.39. The zero-order valence-electron chi connectivity index (χ0n) is 12.1. The van der Waals surface area contributed by atoms with Gasteiger partial charge in [-0.3, -0.25) is 5.10 Å². The zero-order valence-corrected chi connectivity index (χ0v) is 12.1. The molecule has 3 nitrogen and oxygen atoms in total. The van der Waals surface area contributed by atoms with Crippen LogP contribution in [-0.4, -0.2) is 16.2 Å². The van der Waals surface area contributed by atoms with E-state index in [0.717, 1.165) is 16.6 Å². The molecule has 3 aromatic rings. The van der Waals surface area contributed by atoms with Crippen LogP contribution in [0.15, 0.2) is 48.7 Å². The molecule has 1 aliphatic carbocycles. The molecular formula is C18H19N3. The zero-order chi connectivity index (χ0) is 14.2. The van der Waals surface area contributed by atoms with E-state index < -0.39 is 0 Å². The molecule has 1 heterocycles. The van der Waals surface area contributed by atoms with E-state index in [1.807, 2.05) is 6.20 Å². The molecule has 0 spiro atoms. The van der Waals surface area contributed by atoms with Gasteiger partial charge in [0.25, 0.3) is 0 Å². The van der Waals surface area contributed by atoms with Crippen molar-refractivity contribution in [2.75, 3.05) is 5.32 Å². The van der Waals surface area contributed by atoms with Crippen LogP contribution in [0, 0.1) is 6.92 Å². The van der Waals surface area contributed by atoms with E-state index in [1.54, 1.807) is 0 Å². The van der Waals surface area contributed by atoms with Crippen LogP contribution >= 0.6 is 0 Å². The summed E-state index contributed by atoms with van der Waals surface area (Å²) < 4.78 is 0. The highest BCUT2D eigenvalue weighted by molar-refractivity contribution is 5.90. The number of para-hydroxylation sites is 1. The van der Waals surface area contributed by atoms with Gasteiger partial charge in [0.05, 0.1) is 17.4 Å². The first-order valence-electron chi connectivity index (χ1n) is 7.55. The number of anilines is 1. The van der Waals surface area contributed by atoms with Gasteiger partial charge in [-0.1, -0.05) is 42.0 Å². The minimum atomic E-state index is 0.560. The Morgan fingerprint density at radius 2 is 1.90 bits per heavy atom. The normalized spacial score (nSPS) is 21.2. The summed E-state index contributed by atoms with van der Waals surface area (Å²) in [6.45, 7) is 2.14. The van der Waals surface area contributed by atoms with E-state index in [-0.39, 0.29) is 0 Å². The van der Waals surface area contributed by atoms with Crippen LogP contribution in [0.3, 0.4) is 0 Å². The molecule has 2 N–H and O–H groups in total. The molecule has 1 fully saturated rings. The number of nitrogens with zero attached hydrogens (tertiary/aromatic N) is 1. The first kappa shape index (κ1) is 12.5. The van der Waals surface area contributed by atoms with Crippen molar-refractivity contribution < 1.29 is 0 Å². The molecule has 0 radical (unpaired) electrons. The Morgan fingerprint density at radius 3 is 2.71 bits per heavy atom. The molecule has 0 bridgehead atoms. The molecule has 4 rings (SSSR count). The fraction of sp³-hybridized carbons (Fsp3) is 0.278. The van der Waals surface area contributed by atoms with E-state index >= 15 is 0 Å². The third kappa shape index (κ3) is 2.29. The van der Waals surface area contributed by atoms with Crippen LogP contribution in [0.4, 0.5) is 5.69 Å². The van der Waals surface area contributed by atoms with Crippen molar-refractivity contribution in [2.24, 2.45) is 0 Å². The van der Waals surface area contributed by atoms with Gasteiger partial charge in [0, 0.05) is 11.4 Å². The summed E-state index contributed by atoms with van der Waals surface area (Å²) in [5, 5.41) is 12.0. The second-order valence-corrected chi connectivity index (χ2v) is 6.06. The van der Waals surface area contributed by atoms with Gasteiger partial charge in [-0.15, -0.1) is 0 Å². The van der Waals surface area contributed by atoms with Crippen molar-refractivity contribution >= 4 is 16.6 Å². The monoisotopic (exact) mass is 277 g/mol. The molecule has 0 atom stereocenters. The van der Waals surface area contributed by atoms with Crippen molar-refractivity contribution in [1.82, 2.24) is 10.2 Å². The summed E-state index contributed by atoms with van der Waals surface area (Å²) in [7, 11) is 0. The molecule has 106 valence electrons. The summed E-state index contributed by atoms with van der Waals surface area (Å²) in [6.07, 6.45) is 4.28. The van der Waals surface area contributed by atoms with Crippen LogP contribution < -0.4 is 5.32 Å². The number of benzene rings is 2. The highest BCUT2D eigenvalue weighted by Gasteiger charge is 2.30. The van der Waals surface area contributed by atoms with Gasteiger partial charge in [-0.2, -0.15) is 5.10 Å². The highest BCUT2D eigenvalue weighted by atomic mass is 15.1. The second kappa shape index (κ2) is 4.92. The Balaban J connectivity index is 1.44. The minimum absolute atomic E-state index is 0.560. The molecule has 2 aromatic carbocycles. The minimum Gasteiger partial charge on any atom is -0.381 e. The average Bonchev–Trinajstić information content (AvgIpc) is 2.93. The Morgan fingerprint density at radius 1 is 1.10 bits per heavy atom. The molecule has 0 unspecified atom stereocenters. The van der Waals surface area contributed by atoms with E-state index in [2.05, 4.69) is 64.9 Å². The number of aryl methyl sites for hydroxylation is 1. The molecular weight excluding hydrogens is 258 g/mol. The topological polar surface area (TPSA) is 40.7 Å². The van der Waals surface area contributed by atoms with Gasteiger partial charge in [-0.25, -0.2) is 0 Å². The Kier molecular flexibility index (Phi) is 2.92. The van der Waals surface area contributed by atoms with Crippen LogP contribution in [-0.2, 0) is 0 Å². The lowest BCUT2D eigenvalue weighted by Gasteiger charge is -2.37. The summed E-state index contributed by atoms with van der Waals surface area (Å²) in [5.41, 5.74) is 5.07. The average molecular weight is 277 g/mol. The number of H-pyrrole nitrogens is 1. The van der Waals surface area contributed by atoms with E-state index in [4.69, 9.17) is 0 Å². The number of rotatable bonds is 3. The van der Waals surface area contributed by atoms with Crippen molar-refractivity contribution in [3.05, 3.63) is 59.8 Å². The van der Waals surface area contributed by atoms with Gasteiger partial charge >= 0.3 is 0 Å². The van der Waals surface area contributed by atoms with Crippen LogP contribution in [0.1, 0.15) is 29.9 Å². The van der Waals surface area contributed by atoms with Gasteiger partial charge in [0.15, 0.2) is 0 Å². The van der Waals surface area contributed by atoms with Crippen LogP contribution in [0.5, 0.6) is 0 Å². The van der Waals surface area contributed by atoms with Crippen LogP contribution in [0.2, 0.25) is 0 Å². The fourth-order valence-corrected chi connectivity index (χ4v) is 3.16. The predicted octanol–water partition coefficient (Wildman–Crippen LogP) is 4.23. The predicted molar refractivity (Wildman–Crippen MR) is 86.7 cm³/mol. The number of fused-ring (bicyclic) bond motifs is 1. The summed E-state index contributed by atoms with van der Waals surface area (Å²) in [6, 6.07) is 15.8. The molecule has 3 heteroatoms. The van der Waals surface area contributed by atoms with E-state index in [9.17, 15) is 0 Å². The lowest BCUT2D eigenvalue weighted by molar-refractivity contribution is 0.374. The van der Waals surface area contributed by atoms with Crippen molar-refractivity contribution in [3.8, 4) is 0 Å². The Hall–Kier alpha value is -2.29. The SMILES string of the molecule is Cc1ccc(C2CC(Nc3cccc4cn[nH]c34)C2)cc1. The number of aromatic nitrogens is 2. The molecule has 1 aliphatic rings. The van der Waals surface area contributed by atoms with Crippen molar-refractivity contribution in [2.45, 2.75) is 31.7 Å². The third-order valence-electron chi connectivity index (χ3n) is 4.52. The first-order valence-corrected chi connectivity index (χ1v) is 7.55. The number of nitrogens with one attached hydrogen (secondary N) is 2. The van der Waals surface area contributed by atoms with Gasteiger partial charge in [0.1, 0.15) is 0 Å². The summed E-state index contributed by atoms with van der Waals surface area (Å²) >= 11 is 0. The lowest BCUT2D eigenvalue weighted by atomic mass is 9.75. The maximum absolute atomic E-state index is 4.12. The number of hydrogen-bond donors (Lipinski definition) is 2. The fourth-order valence-electron chi connectivity index (χ4n) is 3.16.